The summed E-state index contributed by atoms with van der Waals surface area (Å²) >= 11 is 6.00. The monoisotopic (exact) mass is 422 g/mol. The standard InChI is InChI=1S/C22H31ClN2O4/c1-21(2)14-25(12-11-22(21,29)15-7-9-16(23)10-8-15)20(28)17-5-3-4-6-18(17)24-19(27)13-26/h7-10,17-18,26,29H,3-6,11-14H2,1-2H3,(H,24,27)/t17-,18+,22-/m0/s1. The highest BCUT2D eigenvalue weighted by atomic mass is 35.5. The molecule has 1 saturated carbocycles. The Labute approximate surface area is 177 Å². The van der Waals surface area contributed by atoms with Crippen LogP contribution in [0.1, 0.15) is 51.5 Å². The van der Waals surface area contributed by atoms with Crippen molar-refractivity contribution in [1.29, 1.82) is 0 Å². The maximum absolute atomic E-state index is 13.3. The average molecular weight is 423 g/mol. The van der Waals surface area contributed by atoms with Gasteiger partial charge in [-0.2, -0.15) is 0 Å². The Hall–Kier alpha value is -1.63. The molecule has 1 saturated heterocycles. The van der Waals surface area contributed by atoms with E-state index in [0.717, 1.165) is 31.2 Å². The van der Waals surface area contributed by atoms with Crippen molar-refractivity contribution in [2.45, 2.75) is 57.6 Å². The number of aliphatic hydroxyl groups is 2. The summed E-state index contributed by atoms with van der Waals surface area (Å²) in [5, 5.41) is 24.0. The number of likely N-dealkylation sites (tertiary alicyclic amines) is 1. The molecule has 6 nitrogen and oxygen atoms in total. The van der Waals surface area contributed by atoms with Crippen LogP contribution in [0, 0.1) is 11.3 Å². The number of carbonyl (C=O) groups is 2. The second-order valence-electron chi connectivity index (χ2n) is 8.98. The topological polar surface area (TPSA) is 89.9 Å². The molecule has 1 aromatic carbocycles. The lowest BCUT2D eigenvalue weighted by Crippen LogP contribution is -2.59. The minimum atomic E-state index is -1.05. The molecule has 0 spiro atoms. The van der Waals surface area contributed by atoms with Gasteiger partial charge in [0, 0.05) is 29.6 Å². The van der Waals surface area contributed by atoms with Crippen LogP contribution in [0.2, 0.25) is 5.02 Å². The summed E-state index contributed by atoms with van der Waals surface area (Å²) in [5.41, 5.74) is -0.789. The maximum Gasteiger partial charge on any atom is 0.245 e. The first-order chi connectivity index (χ1) is 13.7. The minimum absolute atomic E-state index is 0.0270. The molecular weight excluding hydrogens is 392 g/mol. The predicted molar refractivity (Wildman–Crippen MR) is 111 cm³/mol. The Bertz CT molecular complexity index is 752. The van der Waals surface area contributed by atoms with Gasteiger partial charge in [-0.3, -0.25) is 9.59 Å². The van der Waals surface area contributed by atoms with Gasteiger partial charge in [-0.05, 0) is 37.0 Å². The molecule has 2 aliphatic rings. The van der Waals surface area contributed by atoms with E-state index in [1.165, 1.54) is 0 Å². The number of amides is 2. The quantitative estimate of drug-likeness (QED) is 0.695. The number of rotatable bonds is 4. The van der Waals surface area contributed by atoms with Gasteiger partial charge in [0.25, 0.3) is 0 Å². The molecule has 2 fully saturated rings. The number of benzene rings is 1. The number of hydrogen-bond donors (Lipinski definition) is 3. The van der Waals surface area contributed by atoms with Crippen LogP contribution in [0.5, 0.6) is 0 Å². The molecular formula is C22H31ClN2O4. The lowest BCUT2D eigenvalue weighted by Gasteiger charge is -2.51. The molecule has 0 unspecified atom stereocenters. The Morgan fingerprint density at radius 3 is 2.48 bits per heavy atom. The van der Waals surface area contributed by atoms with Crippen molar-refractivity contribution < 1.29 is 19.8 Å². The molecule has 0 aromatic heterocycles. The van der Waals surface area contributed by atoms with Crippen molar-refractivity contribution in [2.24, 2.45) is 11.3 Å². The second kappa shape index (κ2) is 8.62. The first kappa shape index (κ1) is 22.1. The van der Waals surface area contributed by atoms with E-state index in [-0.39, 0.29) is 17.9 Å². The Kier molecular flexibility index (Phi) is 6.56. The van der Waals surface area contributed by atoms with Crippen LogP contribution >= 0.6 is 11.6 Å². The molecule has 0 radical (unpaired) electrons. The van der Waals surface area contributed by atoms with Crippen molar-refractivity contribution in [2.75, 3.05) is 19.7 Å². The number of nitrogens with one attached hydrogen (secondary N) is 1. The van der Waals surface area contributed by atoms with E-state index < -0.39 is 23.5 Å². The lowest BCUT2D eigenvalue weighted by atomic mass is 9.66. The summed E-state index contributed by atoms with van der Waals surface area (Å²) in [6.07, 6.45) is 3.82. The van der Waals surface area contributed by atoms with Crippen molar-refractivity contribution in [1.82, 2.24) is 10.2 Å². The minimum Gasteiger partial charge on any atom is -0.387 e. The van der Waals surface area contributed by atoms with Gasteiger partial charge >= 0.3 is 0 Å². The zero-order chi connectivity index (χ0) is 21.2. The molecule has 0 bridgehead atoms. The highest BCUT2D eigenvalue weighted by Gasteiger charge is 2.50. The van der Waals surface area contributed by atoms with Crippen LogP contribution in [-0.4, -0.2) is 52.7 Å². The smallest absolute Gasteiger partial charge is 0.245 e. The fraction of sp³-hybridized carbons (Fsp3) is 0.636. The summed E-state index contributed by atoms with van der Waals surface area (Å²) in [6, 6.07) is 7.01. The zero-order valence-corrected chi connectivity index (χ0v) is 17.9. The van der Waals surface area contributed by atoms with Crippen LogP contribution in [0.25, 0.3) is 0 Å². The molecule has 7 heteroatoms. The molecule has 1 aliphatic carbocycles. The van der Waals surface area contributed by atoms with E-state index in [0.29, 0.717) is 24.5 Å². The highest BCUT2D eigenvalue weighted by Crippen LogP contribution is 2.46. The summed E-state index contributed by atoms with van der Waals surface area (Å²) in [7, 11) is 0. The molecule has 3 atom stereocenters. The van der Waals surface area contributed by atoms with E-state index in [9.17, 15) is 14.7 Å². The molecule has 29 heavy (non-hydrogen) atoms. The molecule has 1 aromatic rings. The molecule has 160 valence electrons. The fourth-order valence-corrected chi connectivity index (χ4v) is 4.98. The third-order valence-electron chi connectivity index (χ3n) is 6.66. The van der Waals surface area contributed by atoms with Gasteiger partial charge in [-0.15, -0.1) is 0 Å². The summed E-state index contributed by atoms with van der Waals surface area (Å²) in [6.45, 7) is 4.28. The SMILES string of the molecule is CC1(C)CN(C(=O)[C@H]2CCCC[C@H]2NC(=O)CO)CC[C@]1(O)c1ccc(Cl)cc1. The van der Waals surface area contributed by atoms with Crippen LogP contribution in [0.4, 0.5) is 0 Å². The van der Waals surface area contributed by atoms with E-state index in [4.69, 9.17) is 16.7 Å². The summed E-state index contributed by atoms with van der Waals surface area (Å²) in [5.74, 6) is -0.693. The van der Waals surface area contributed by atoms with Gasteiger partial charge in [-0.25, -0.2) is 0 Å². The van der Waals surface area contributed by atoms with Crippen molar-refractivity contribution in [3.8, 4) is 0 Å². The number of carbonyl (C=O) groups excluding carboxylic acids is 2. The van der Waals surface area contributed by atoms with Gasteiger partial charge < -0.3 is 20.4 Å². The number of nitrogens with zero attached hydrogens (tertiary/aromatic N) is 1. The molecule has 1 aliphatic heterocycles. The van der Waals surface area contributed by atoms with Gasteiger partial charge in [0.1, 0.15) is 6.61 Å². The third-order valence-corrected chi connectivity index (χ3v) is 6.91. The largest absolute Gasteiger partial charge is 0.387 e. The first-order valence-electron chi connectivity index (χ1n) is 10.4. The van der Waals surface area contributed by atoms with E-state index in [2.05, 4.69) is 5.32 Å². The third kappa shape index (κ3) is 4.44. The van der Waals surface area contributed by atoms with Crippen LogP contribution < -0.4 is 5.32 Å². The van der Waals surface area contributed by atoms with Gasteiger partial charge in [0.2, 0.25) is 11.8 Å². The zero-order valence-electron chi connectivity index (χ0n) is 17.2. The normalized spacial score (nSPS) is 29.3. The fourth-order valence-electron chi connectivity index (χ4n) is 4.86. The number of hydrogen-bond acceptors (Lipinski definition) is 4. The number of halogens is 1. The van der Waals surface area contributed by atoms with Crippen molar-refractivity contribution >= 4 is 23.4 Å². The first-order valence-corrected chi connectivity index (χ1v) is 10.7. The van der Waals surface area contributed by atoms with Crippen LogP contribution in [0.15, 0.2) is 24.3 Å². The van der Waals surface area contributed by atoms with Gasteiger partial charge in [0.05, 0.1) is 11.5 Å². The molecule has 3 rings (SSSR count). The molecule has 2 amide bonds. The predicted octanol–water partition coefficient (Wildman–Crippen LogP) is 2.45. The number of piperidine rings is 1. The summed E-state index contributed by atoms with van der Waals surface area (Å²) < 4.78 is 0. The molecule has 1 heterocycles. The average Bonchev–Trinajstić information content (AvgIpc) is 2.70. The van der Waals surface area contributed by atoms with E-state index >= 15 is 0 Å². The van der Waals surface area contributed by atoms with Crippen LogP contribution in [-0.2, 0) is 15.2 Å². The maximum atomic E-state index is 13.3. The van der Waals surface area contributed by atoms with Gasteiger partial charge in [-0.1, -0.05) is 50.4 Å². The van der Waals surface area contributed by atoms with Crippen molar-refractivity contribution in [3.05, 3.63) is 34.9 Å². The van der Waals surface area contributed by atoms with E-state index in [1.807, 2.05) is 30.9 Å². The Morgan fingerprint density at radius 1 is 1.21 bits per heavy atom. The lowest BCUT2D eigenvalue weighted by molar-refractivity contribution is -0.158. The van der Waals surface area contributed by atoms with E-state index in [1.54, 1.807) is 12.1 Å². The van der Waals surface area contributed by atoms with Crippen LogP contribution in [0.3, 0.4) is 0 Å². The second-order valence-corrected chi connectivity index (χ2v) is 9.42. The Morgan fingerprint density at radius 2 is 1.86 bits per heavy atom. The highest BCUT2D eigenvalue weighted by molar-refractivity contribution is 6.30. The van der Waals surface area contributed by atoms with Gasteiger partial charge in [0.15, 0.2) is 0 Å². The molecule has 3 N–H and O–H groups in total. The number of aliphatic hydroxyl groups excluding tert-OH is 1. The van der Waals surface area contributed by atoms with Crippen molar-refractivity contribution in [3.63, 3.8) is 0 Å². The summed E-state index contributed by atoms with van der Waals surface area (Å²) in [4.78, 5) is 26.8. The Balaban J connectivity index is 1.75.